The average Bonchev–Trinajstić information content (AvgIpc) is 2.54. The van der Waals surface area contributed by atoms with Gasteiger partial charge in [-0.25, -0.2) is 0 Å². The minimum absolute atomic E-state index is 0.358. The first kappa shape index (κ1) is 17.6. The Morgan fingerprint density at radius 3 is 2.25 bits per heavy atom. The number of carbonyl (C=O) groups excluding carboxylic acids is 1. The molecular weight excluding hydrogens is 315 g/mol. The van der Waals surface area contributed by atoms with Gasteiger partial charge < -0.3 is 5.32 Å². The van der Waals surface area contributed by atoms with E-state index in [1.165, 1.54) is 17.7 Å². The number of amides is 1. The van der Waals surface area contributed by atoms with Crippen LogP contribution in [0.1, 0.15) is 22.3 Å². The number of hydrogen-bond donors (Lipinski definition) is 1. The highest BCUT2D eigenvalue weighted by Crippen LogP contribution is 2.28. The number of carbonyl (C=O) groups is 1. The van der Waals surface area contributed by atoms with Crippen molar-refractivity contribution in [2.45, 2.75) is 19.5 Å². The lowest BCUT2D eigenvalue weighted by Gasteiger charge is -2.05. The van der Waals surface area contributed by atoms with Crippen LogP contribution in [0.3, 0.4) is 0 Å². The summed E-state index contributed by atoms with van der Waals surface area (Å²) in [7, 11) is 0. The van der Waals surface area contributed by atoms with Crippen molar-refractivity contribution in [3.8, 4) is 11.8 Å². The Morgan fingerprint density at radius 2 is 1.67 bits per heavy atom. The Labute approximate surface area is 138 Å². The first-order valence-electron chi connectivity index (χ1n) is 7.37. The summed E-state index contributed by atoms with van der Waals surface area (Å²) in [6, 6.07) is 12.4. The van der Waals surface area contributed by atoms with Crippen LogP contribution in [0.25, 0.3) is 0 Å². The molecule has 2 nitrogen and oxygen atoms in total. The zero-order valence-electron chi connectivity index (χ0n) is 13.1. The van der Waals surface area contributed by atoms with Crippen LogP contribution >= 0.6 is 0 Å². The number of alkyl halides is 3. The fourth-order valence-electron chi connectivity index (χ4n) is 1.99. The van der Waals surface area contributed by atoms with Gasteiger partial charge in [0.1, 0.15) is 0 Å². The number of nitrogens with one attached hydrogen (secondary N) is 1. The van der Waals surface area contributed by atoms with Crippen LogP contribution in [-0.2, 0) is 17.4 Å². The van der Waals surface area contributed by atoms with Crippen LogP contribution in [0.2, 0.25) is 0 Å². The molecular formula is C19H16F3NO. The summed E-state index contributed by atoms with van der Waals surface area (Å²) in [5.41, 5.74) is 1.90. The predicted molar refractivity (Wildman–Crippen MR) is 86.2 cm³/mol. The van der Waals surface area contributed by atoms with E-state index in [2.05, 4.69) is 17.2 Å². The third-order valence-electron chi connectivity index (χ3n) is 3.35. The summed E-state index contributed by atoms with van der Waals surface area (Å²) in [5, 5.41) is 2.66. The first-order valence-corrected chi connectivity index (χ1v) is 7.37. The van der Waals surface area contributed by atoms with E-state index in [9.17, 15) is 18.0 Å². The summed E-state index contributed by atoms with van der Waals surface area (Å²) in [4.78, 5) is 11.6. The van der Waals surface area contributed by atoms with Gasteiger partial charge in [0.05, 0.1) is 5.56 Å². The van der Waals surface area contributed by atoms with Gasteiger partial charge in [-0.3, -0.25) is 4.79 Å². The molecule has 0 aromatic heterocycles. The fourth-order valence-corrected chi connectivity index (χ4v) is 1.99. The topological polar surface area (TPSA) is 29.1 Å². The van der Waals surface area contributed by atoms with Crippen molar-refractivity contribution in [2.75, 3.05) is 6.54 Å². The maximum atomic E-state index is 12.4. The molecule has 0 atom stereocenters. The smallest absolute Gasteiger partial charge is 0.345 e. The zero-order valence-corrected chi connectivity index (χ0v) is 13.1. The lowest BCUT2D eigenvalue weighted by atomic mass is 10.1. The summed E-state index contributed by atoms with van der Waals surface area (Å²) in [5.74, 6) is 4.46. The molecule has 1 N–H and O–H groups in total. The lowest BCUT2D eigenvalue weighted by Crippen LogP contribution is -2.23. The van der Waals surface area contributed by atoms with Crippen molar-refractivity contribution in [2.24, 2.45) is 0 Å². The van der Waals surface area contributed by atoms with Gasteiger partial charge in [-0.05, 0) is 43.2 Å². The molecule has 1 amide bonds. The highest BCUT2D eigenvalue weighted by molar-refractivity contribution is 5.94. The third kappa shape index (κ3) is 5.47. The van der Waals surface area contributed by atoms with Gasteiger partial charge in [-0.1, -0.05) is 35.7 Å². The van der Waals surface area contributed by atoms with E-state index in [0.29, 0.717) is 18.5 Å². The van der Waals surface area contributed by atoms with Crippen molar-refractivity contribution >= 4 is 5.91 Å². The van der Waals surface area contributed by atoms with Crippen molar-refractivity contribution in [3.63, 3.8) is 0 Å². The number of aryl methyl sites for hydroxylation is 1. The SMILES string of the molecule is Cc1ccc(CCNC(=O)C#Cc2ccc(C(F)(F)F)cc2)cc1. The highest BCUT2D eigenvalue weighted by atomic mass is 19.4. The number of hydrogen-bond acceptors (Lipinski definition) is 1. The number of halogens is 3. The zero-order chi connectivity index (χ0) is 17.6. The number of rotatable bonds is 3. The molecule has 0 unspecified atom stereocenters. The maximum Gasteiger partial charge on any atom is 0.416 e. The van der Waals surface area contributed by atoms with Crippen LogP contribution < -0.4 is 5.32 Å². The molecule has 0 bridgehead atoms. The lowest BCUT2D eigenvalue weighted by molar-refractivity contribution is -0.137. The van der Waals surface area contributed by atoms with Crippen LogP contribution in [-0.4, -0.2) is 12.5 Å². The molecule has 2 rings (SSSR count). The summed E-state index contributed by atoms with van der Waals surface area (Å²) in [6.45, 7) is 2.45. The number of benzene rings is 2. The van der Waals surface area contributed by atoms with Crippen molar-refractivity contribution < 1.29 is 18.0 Å². The van der Waals surface area contributed by atoms with Crippen LogP contribution in [0, 0.1) is 18.8 Å². The summed E-state index contributed by atoms with van der Waals surface area (Å²) >= 11 is 0. The summed E-state index contributed by atoms with van der Waals surface area (Å²) < 4.78 is 37.3. The maximum absolute atomic E-state index is 12.4. The fraction of sp³-hybridized carbons (Fsp3) is 0.211. The second kappa shape index (κ2) is 7.69. The molecule has 2 aromatic carbocycles. The van der Waals surface area contributed by atoms with Gasteiger partial charge in [0.15, 0.2) is 0 Å². The minimum Gasteiger partial charge on any atom is -0.345 e. The van der Waals surface area contributed by atoms with Gasteiger partial charge in [0.25, 0.3) is 5.91 Å². The van der Waals surface area contributed by atoms with Gasteiger partial charge in [0, 0.05) is 18.0 Å². The summed E-state index contributed by atoms with van der Waals surface area (Å²) in [6.07, 6.45) is -3.69. The van der Waals surface area contributed by atoms with Crippen molar-refractivity contribution in [1.29, 1.82) is 0 Å². The van der Waals surface area contributed by atoms with E-state index in [0.717, 1.165) is 17.7 Å². The molecule has 5 heteroatoms. The molecule has 0 saturated carbocycles. The van der Waals surface area contributed by atoms with E-state index in [4.69, 9.17) is 0 Å². The highest BCUT2D eigenvalue weighted by Gasteiger charge is 2.29. The largest absolute Gasteiger partial charge is 0.416 e. The van der Waals surface area contributed by atoms with Gasteiger partial charge in [-0.2, -0.15) is 13.2 Å². The van der Waals surface area contributed by atoms with E-state index in [1.807, 2.05) is 31.2 Å². The van der Waals surface area contributed by atoms with Crippen LogP contribution in [0.5, 0.6) is 0 Å². The minimum atomic E-state index is -4.38. The molecule has 2 aromatic rings. The van der Waals surface area contributed by atoms with E-state index < -0.39 is 17.6 Å². The van der Waals surface area contributed by atoms with Gasteiger partial charge in [0.2, 0.25) is 0 Å². The standard InChI is InChI=1S/C19H16F3NO/c1-14-2-4-16(5-3-14)12-13-23-18(24)11-8-15-6-9-17(10-7-15)19(20,21)22/h2-7,9-10H,12-13H2,1H3,(H,23,24). The van der Waals surface area contributed by atoms with E-state index in [-0.39, 0.29) is 0 Å². The van der Waals surface area contributed by atoms with Crippen molar-refractivity contribution in [3.05, 3.63) is 70.8 Å². The second-order valence-corrected chi connectivity index (χ2v) is 5.32. The molecule has 0 aliphatic carbocycles. The average molecular weight is 331 g/mol. The Bertz CT molecular complexity index is 750. The van der Waals surface area contributed by atoms with E-state index >= 15 is 0 Å². The van der Waals surface area contributed by atoms with Gasteiger partial charge in [-0.15, -0.1) is 0 Å². The molecule has 24 heavy (non-hydrogen) atoms. The molecule has 0 fully saturated rings. The Hall–Kier alpha value is -2.74. The Kier molecular flexibility index (Phi) is 5.64. The molecule has 124 valence electrons. The monoisotopic (exact) mass is 331 g/mol. The molecule has 0 spiro atoms. The second-order valence-electron chi connectivity index (χ2n) is 5.32. The molecule has 0 heterocycles. The van der Waals surface area contributed by atoms with Gasteiger partial charge >= 0.3 is 6.18 Å². The Morgan fingerprint density at radius 1 is 1.04 bits per heavy atom. The normalized spacial score (nSPS) is 10.7. The first-order chi connectivity index (χ1) is 11.3. The molecule has 0 aliphatic heterocycles. The van der Waals surface area contributed by atoms with Crippen molar-refractivity contribution in [1.82, 2.24) is 5.32 Å². The molecule has 0 radical (unpaired) electrons. The van der Waals surface area contributed by atoms with E-state index in [1.54, 1.807) is 0 Å². The van der Waals surface area contributed by atoms with Crippen LogP contribution in [0.4, 0.5) is 13.2 Å². The molecule has 0 saturated heterocycles. The quantitative estimate of drug-likeness (QED) is 0.853. The van der Waals surface area contributed by atoms with Crippen LogP contribution in [0.15, 0.2) is 48.5 Å². The predicted octanol–water partition coefficient (Wildman–Crippen LogP) is 3.72. The Balaban J connectivity index is 1.84. The molecule has 0 aliphatic rings. The third-order valence-corrected chi connectivity index (χ3v) is 3.35.